The molecule has 1 aromatic rings. The minimum atomic E-state index is -0.784. The molecule has 2 N–H and O–H groups in total. The number of hydrogen-bond donors (Lipinski definition) is 2. The van der Waals surface area contributed by atoms with Gasteiger partial charge >= 0.3 is 5.97 Å². The summed E-state index contributed by atoms with van der Waals surface area (Å²) in [6.07, 6.45) is 14.1. The summed E-state index contributed by atoms with van der Waals surface area (Å²) in [5.74, 6) is 0.434. The topological polar surface area (TPSA) is 113 Å². The molecular formula is C32H44O9. The number of carboxylic acid groups (broad SMARTS) is 1. The fourth-order valence-corrected chi connectivity index (χ4v) is 6.07. The van der Waals surface area contributed by atoms with Crippen molar-refractivity contribution in [2.24, 2.45) is 11.8 Å². The molecule has 226 valence electrons. The van der Waals surface area contributed by atoms with Crippen molar-refractivity contribution >= 4 is 5.97 Å². The minimum Gasteiger partial charge on any atom is -0.481 e. The highest BCUT2D eigenvalue weighted by atomic mass is 16.8. The Labute approximate surface area is 242 Å². The predicted molar refractivity (Wildman–Crippen MR) is 150 cm³/mol. The second-order valence-electron chi connectivity index (χ2n) is 11.3. The monoisotopic (exact) mass is 572 g/mol. The fourth-order valence-electron chi connectivity index (χ4n) is 6.07. The van der Waals surface area contributed by atoms with Crippen molar-refractivity contribution in [1.82, 2.24) is 0 Å². The number of aliphatic carboxylic acids is 1. The molecule has 1 aromatic carbocycles. The predicted octanol–water partition coefficient (Wildman–Crippen LogP) is 5.36. The van der Waals surface area contributed by atoms with E-state index in [2.05, 4.69) is 12.2 Å². The van der Waals surface area contributed by atoms with Gasteiger partial charge in [-0.3, -0.25) is 4.79 Å². The van der Waals surface area contributed by atoms with Gasteiger partial charge in [-0.05, 0) is 75.8 Å². The van der Waals surface area contributed by atoms with Crippen molar-refractivity contribution in [2.75, 3.05) is 13.2 Å². The van der Waals surface area contributed by atoms with Gasteiger partial charge in [0.2, 0.25) is 0 Å². The maximum Gasteiger partial charge on any atom is 0.303 e. The van der Waals surface area contributed by atoms with Crippen molar-refractivity contribution < 1.29 is 43.4 Å². The Morgan fingerprint density at radius 1 is 1.00 bits per heavy atom. The lowest BCUT2D eigenvalue weighted by molar-refractivity contribution is -0.208. The number of rotatable bonds is 13. The van der Waals surface area contributed by atoms with Crippen molar-refractivity contribution in [2.45, 2.75) is 108 Å². The Morgan fingerprint density at radius 2 is 1.71 bits per heavy atom. The zero-order chi connectivity index (χ0) is 28.4. The van der Waals surface area contributed by atoms with E-state index in [-0.39, 0.29) is 36.9 Å². The van der Waals surface area contributed by atoms with E-state index in [0.29, 0.717) is 50.4 Å². The Balaban J connectivity index is 1.31. The molecule has 0 spiro atoms. The zero-order valence-corrected chi connectivity index (χ0v) is 23.7. The summed E-state index contributed by atoms with van der Waals surface area (Å²) in [5, 5.41) is 20.0. The summed E-state index contributed by atoms with van der Waals surface area (Å²) in [5.41, 5.74) is 0. The summed E-state index contributed by atoms with van der Waals surface area (Å²) in [7, 11) is 0. The van der Waals surface area contributed by atoms with Crippen LogP contribution >= 0.6 is 0 Å². The van der Waals surface area contributed by atoms with Gasteiger partial charge < -0.3 is 38.6 Å². The Kier molecular flexibility index (Phi) is 11.1. The highest BCUT2D eigenvalue weighted by molar-refractivity contribution is 5.66. The fraction of sp³-hybridized carbons (Fsp3) is 0.656. The van der Waals surface area contributed by atoms with Crippen LogP contribution in [0.5, 0.6) is 11.5 Å². The number of unbranched alkanes of at least 4 members (excludes halogenated alkanes) is 1. The molecular weight excluding hydrogens is 528 g/mol. The summed E-state index contributed by atoms with van der Waals surface area (Å²) in [6.45, 7) is 1.36. The molecule has 0 amide bonds. The van der Waals surface area contributed by atoms with E-state index < -0.39 is 24.5 Å². The number of aliphatic hydroxyl groups is 1. The molecule has 1 aliphatic carbocycles. The van der Waals surface area contributed by atoms with Crippen molar-refractivity contribution in [3.05, 3.63) is 48.6 Å². The summed E-state index contributed by atoms with van der Waals surface area (Å²) in [4.78, 5) is 10.8. The number of ether oxygens (including phenoxy) is 6. The van der Waals surface area contributed by atoms with Crippen molar-refractivity contribution in [1.29, 1.82) is 0 Å². The number of aliphatic hydroxyl groups excluding tert-OH is 1. The Bertz CT molecular complexity index is 989. The first-order valence-electron chi connectivity index (χ1n) is 15.3. The van der Waals surface area contributed by atoms with Gasteiger partial charge in [-0.15, -0.1) is 0 Å². The van der Waals surface area contributed by atoms with Gasteiger partial charge in [0.15, 0.2) is 30.2 Å². The number of carbonyl (C=O) groups is 1. The van der Waals surface area contributed by atoms with E-state index in [9.17, 15) is 9.90 Å². The first kappa shape index (κ1) is 30.0. The second kappa shape index (κ2) is 15.2. The van der Waals surface area contributed by atoms with Gasteiger partial charge in [-0.2, -0.15) is 0 Å². The van der Waals surface area contributed by atoms with Gasteiger partial charge in [0.1, 0.15) is 0 Å². The number of hydrogen-bond acceptors (Lipinski definition) is 8. The van der Waals surface area contributed by atoms with Gasteiger partial charge in [-0.1, -0.05) is 36.4 Å². The molecule has 2 unspecified atom stereocenters. The van der Waals surface area contributed by atoms with Crippen LogP contribution in [0.1, 0.15) is 70.6 Å². The van der Waals surface area contributed by atoms with Gasteiger partial charge in [0.05, 0.1) is 12.2 Å². The third-order valence-electron chi connectivity index (χ3n) is 8.27. The largest absolute Gasteiger partial charge is 0.481 e. The molecule has 2 saturated heterocycles. The van der Waals surface area contributed by atoms with Crippen LogP contribution in [0.4, 0.5) is 0 Å². The van der Waals surface area contributed by atoms with E-state index in [4.69, 9.17) is 33.5 Å². The van der Waals surface area contributed by atoms with Crippen LogP contribution in [0.25, 0.3) is 0 Å². The molecule has 41 heavy (non-hydrogen) atoms. The van der Waals surface area contributed by atoms with E-state index in [1.807, 2.05) is 36.4 Å². The molecule has 7 atom stereocenters. The Hall–Kier alpha value is -2.43. The smallest absolute Gasteiger partial charge is 0.303 e. The summed E-state index contributed by atoms with van der Waals surface area (Å²) >= 11 is 0. The summed E-state index contributed by atoms with van der Waals surface area (Å²) in [6, 6.07) is 7.59. The minimum absolute atomic E-state index is 0.0650. The average Bonchev–Trinajstić information content (AvgIpc) is 3.54. The standard InChI is InChI=1S/C32H44O9/c33-24-21-28(39-31-16-8-10-20-37-31)23(22(24)11-3-1-2-4-14-29(34)35)17-18-27(38-30-15-7-9-19-36-30)32-40-25-12-5-6-13-26(25)41-32/h1,3,5-6,12-13,17-18,22-24,27-28,30-33H,2,4,7-11,14-16,19-21H2,(H,34,35)/b3-1-,18-17+/t22-,23-,24+,27+,28-,30?,31?/m1/s1. The average molecular weight is 573 g/mol. The van der Waals surface area contributed by atoms with E-state index in [1.165, 1.54) is 0 Å². The van der Waals surface area contributed by atoms with Crippen molar-refractivity contribution in [3.63, 3.8) is 0 Å². The number of allylic oxidation sites excluding steroid dienone is 2. The third kappa shape index (κ3) is 8.55. The van der Waals surface area contributed by atoms with Gasteiger partial charge in [-0.25, -0.2) is 0 Å². The van der Waals surface area contributed by atoms with Crippen LogP contribution in [0.2, 0.25) is 0 Å². The molecule has 3 fully saturated rings. The molecule has 9 nitrogen and oxygen atoms in total. The van der Waals surface area contributed by atoms with E-state index in [0.717, 1.165) is 38.5 Å². The molecule has 0 radical (unpaired) electrons. The van der Waals surface area contributed by atoms with Crippen LogP contribution < -0.4 is 9.47 Å². The van der Waals surface area contributed by atoms with Crippen LogP contribution in [0.3, 0.4) is 0 Å². The SMILES string of the molecule is O=C(O)CCC/C=C\C[C@@H]1[C@@H](/C=C/[C@H](OC2CCCCO2)C2Oc3ccccc3O2)[C@H](OC2CCCCO2)C[C@@H]1O. The van der Waals surface area contributed by atoms with Gasteiger partial charge in [0, 0.05) is 32.0 Å². The molecule has 9 heteroatoms. The van der Waals surface area contributed by atoms with Crippen molar-refractivity contribution in [3.8, 4) is 11.5 Å². The highest BCUT2D eigenvalue weighted by Gasteiger charge is 2.43. The molecule has 0 bridgehead atoms. The summed E-state index contributed by atoms with van der Waals surface area (Å²) < 4.78 is 36.9. The quantitative estimate of drug-likeness (QED) is 0.238. The lowest BCUT2D eigenvalue weighted by Gasteiger charge is -2.30. The first-order chi connectivity index (χ1) is 20.1. The van der Waals surface area contributed by atoms with Gasteiger partial charge in [0.25, 0.3) is 6.29 Å². The van der Waals surface area contributed by atoms with E-state index >= 15 is 0 Å². The van der Waals surface area contributed by atoms with Crippen LogP contribution in [0.15, 0.2) is 48.6 Å². The maximum absolute atomic E-state index is 11.1. The number of para-hydroxylation sites is 2. The molecule has 0 aromatic heterocycles. The maximum atomic E-state index is 11.1. The number of fused-ring (bicyclic) bond motifs is 1. The number of benzene rings is 1. The molecule has 1 saturated carbocycles. The van der Waals surface area contributed by atoms with Crippen LogP contribution in [-0.4, -0.2) is 66.6 Å². The van der Waals surface area contributed by atoms with Crippen LogP contribution in [0, 0.1) is 11.8 Å². The molecule has 4 aliphatic rings. The Morgan fingerprint density at radius 3 is 2.37 bits per heavy atom. The molecule has 3 aliphatic heterocycles. The molecule has 5 rings (SSSR count). The first-order valence-corrected chi connectivity index (χ1v) is 15.3. The van der Waals surface area contributed by atoms with E-state index in [1.54, 1.807) is 0 Å². The lowest BCUT2D eigenvalue weighted by atomic mass is 9.89. The molecule has 3 heterocycles. The van der Waals surface area contributed by atoms with Crippen LogP contribution in [-0.2, 0) is 23.7 Å². The lowest BCUT2D eigenvalue weighted by Crippen LogP contribution is -2.39. The highest BCUT2D eigenvalue weighted by Crippen LogP contribution is 2.41. The zero-order valence-electron chi connectivity index (χ0n) is 23.7. The normalized spacial score (nSPS) is 31.2. The second-order valence-corrected chi connectivity index (χ2v) is 11.3. The number of carboxylic acids is 1. The third-order valence-corrected chi connectivity index (χ3v) is 8.27.